The van der Waals surface area contributed by atoms with Crippen LogP contribution in [0.4, 0.5) is 11.4 Å². The summed E-state index contributed by atoms with van der Waals surface area (Å²) in [4.78, 5) is 14.7. The van der Waals surface area contributed by atoms with Gasteiger partial charge in [-0.1, -0.05) is 36.4 Å². The van der Waals surface area contributed by atoms with Crippen molar-refractivity contribution in [1.29, 1.82) is 0 Å². The molecule has 6 nitrogen and oxygen atoms in total. The van der Waals surface area contributed by atoms with Crippen molar-refractivity contribution in [2.45, 2.75) is 12.5 Å². The highest BCUT2D eigenvalue weighted by Gasteiger charge is 2.30. The van der Waals surface area contributed by atoms with Crippen molar-refractivity contribution in [3.05, 3.63) is 60.2 Å². The second-order valence-corrected chi connectivity index (χ2v) is 9.02. The van der Waals surface area contributed by atoms with Gasteiger partial charge in [0.05, 0.1) is 11.5 Å². The maximum atomic E-state index is 12.7. The number of anilines is 2. The minimum absolute atomic E-state index is 0.151. The zero-order valence-corrected chi connectivity index (χ0v) is 15.5. The van der Waals surface area contributed by atoms with Gasteiger partial charge in [-0.05, 0) is 30.7 Å². The maximum absolute atomic E-state index is 12.7. The third kappa shape index (κ3) is 4.05. The van der Waals surface area contributed by atoms with Gasteiger partial charge in [-0.15, -0.1) is 0 Å². The molecule has 1 saturated heterocycles. The van der Waals surface area contributed by atoms with Crippen molar-refractivity contribution < 1.29 is 13.2 Å². The third-order valence-electron chi connectivity index (χ3n) is 4.66. The standard InChI is InChI=1S/C19H23N3O3S/c1-19(20,15-6-3-2-4-7-15)18(23)21-16-8-5-9-17(14-16)22-10-12-26(24,25)13-11-22/h2-9,14H,10-13,20H2,1H3,(H,21,23). The molecule has 1 amide bonds. The Hall–Kier alpha value is -2.38. The molecule has 0 saturated carbocycles. The molecule has 1 fully saturated rings. The molecule has 0 radical (unpaired) electrons. The van der Waals surface area contributed by atoms with Crippen molar-refractivity contribution in [2.24, 2.45) is 5.73 Å². The fourth-order valence-corrected chi connectivity index (χ4v) is 4.13. The van der Waals surface area contributed by atoms with Crippen LogP contribution in [0.15, 0.2) is 54.6 Å². The van der Waals surface area contributed by atoms with Gasteiger partial charge in [-0.2, -0.15) is 0 Å². The minimum Gasteiger partial charge on any atom is -0.369 e. The summed E-state index contributed by atoms with van der Waals surface area (Å²) >= 11 is 0. The van der Waals surface area contributed by atoms with Crippen LogP contribution in [0.1, 0.15) is 12.5 Å². The highest BCUT2D eigenvalue weighted by Crippen LogP contribution is 2.24. The normalized spacial score (nSPS) is 18.8. The lowest BCUT2D eigenvalue weighted by Crippen LogP contribution is -2.45. The second-order valence-electron chi connectivity index (χ2n) is 6.71. The Morgan fingerprint density at radius 3 is 2.38 bits per heavy atom. The fraction of sp³-hybridized carbons (Fsp3) is 0.316. The van der Waals surface area contributed by atoms with Gasteiger partial charge in [-0.3, -0.25) is 4.79 Å². The smallest absolute Gasteiger partial charge is 0.248 e. The van der Waals surface area contributed by atoms with Crippen LogP contribution in [0, 0.1) is 0 Å². The van der Waals surface area contributed by atoms with Crippen molar-refractivity contribution in [3.8, 4) is 0 Å². The molecule has 0 spiro atoms. The summed E-state index contributed by atoms with van der Waals surface area (Å²) in [6, 6.07) is 16.6. The lowest BCUT2D eigenvalue weighted by atomic mass is 9.92. The van der Waals surface area contributed by atoms with E-state index < -0.39 is 15.4 Å². The van der Waals surface area contributed by atoms with E-state index in [0.29, 0.717) is 18.8 Å². The minimum atomic E-state index is -2.93. The summed E-state index contributed by atoms with van der Waals surface area (Å²) in [5.41, 5.74) is 7.34. The Balaban J connectivity index is 1.74. The maximum Gasteiger partial charge on any atom is 0.248 e. The number of amides is 1. The lowest BCUT2D eigenvalue weighted by Gasteiger charge is -2.29. The number of sulfone groups is 1. The first-order chi connectivity index (χ1) is 12.3. The average Bonchev–Trinajstić information content (AvgIpc) is 2.62. The summed E-state index contributed by atoms with van der Waals surface area (Å²) in [6.45, 7) is 2.59. The quantitative estimate of drug-likeness (QED) is 0.852. The number of nitrogens with two attached hydrogens (primary N) is 1. The van der Waals surface area contributed by atoms with E-state index in [1.54, 1.807) is 13.0 Å². The summed E-state index contributed by atoms with van der Waals surface area (Å²) < 4.78 is 23.2. The van der Waals surface area contributed by atoms with Gasteiger partial charge in [-0.25, -0.2) is 8.42 Å². The lowest BCUT2D eigenvalue weighted by molar-refractivity contribution is -0.120. The SMILES string of the molecule is CC(N)(C(=O)Nc1cccc(N2CCS(=O)(=O)CC2)c1)c1ccccc1. The summed E-state index contributed by atoms with van der Waals surface area (Å²) in [6.07, 6.45) is 0. The molecule has 1 aliphatic rings. The molecular weight excluding hydrogens is 350 g/mol. The molecule has 1 atom stereocenters. The first-order valence-electron chi connectivity index (χ1n) is 8.49. The van der Waals surface area contributed by atoms with Crippen molar-refractivity contribution in [1.82, 2.24) is 0 Å². The van der Waals surface area contributed by atoms with E-state index >= 15 is 0 Å². The molecule has 1 aliphatic heterocycles. The molecule has 0 bridgehead atoms. The number of carbonyl (C=O) groups excluding carboxylic acids is 1. The van der Waals surface area contributed by atoms with Gasteiger partial charge in [0, 0.05) is 24.5 Å². The molecule has 7 heteroatoms. The van der Waals surface area contributed by atoms with Gasteiger partial charge in [0.2, 0.25) is 5.91 Å². The van der Waals surface area contributed by atoms with E-state index in [1.807, 2.05) is 53.4 Å². The monoisotopic (exact) mass is 373 g/mol. The number of hydrogen-bond donors (Lipinski definition) is 2. The van der Waals surface area contributed by atoms with Gasteiger partial charge in [0.1, 0.15) is 5.54 Å². The van der Waals surface area contributed by atoms with Crippen LogP contribution >= 0.6 is 0 Å². The van der Waals surface area contributed by atoms with E-state index in [2.05, 4.69) is 5.32 Å². The van der Waals surface area contributed by atoms with Crippen LogP contribution in [-0.2, 0) is 20.2 Å². The number of hydrogen-bond acceptors (Lipinski definition) is 5. The Labute approximate surface area is 153 Å². The van der Waals surface area contributed by atoms with Crippen molar-refractivity contribution >= 4 is 27.1 Å². The Kier molecular flexibility index (Phi) is 5.02. The number of nitrogens with zero attached hydrogens (tertiary/aromatic N) is 1. The fourth-order valence-electron chi connectivity index (χ4n) is 2.93. The molecule has 0 aromatic heterocycles. The zero-order valence-electron chi connectivity index (χ0n) is 14.7. The largest absolute Gasteiger partial charge is 0.369 e. The molecule has 0 aliphatic carbocycles. The highest BCUT2D eigenvalue weighted by atomic mass is 32.2. The topological polar surface area (TPSA) is 92.5 Å². The van der Waals surface area contributed by atoms with E-state index in [-0.39, 0.29) is 17.4 Å². The Bertz CT molecular complexity index is 881. The van der Waals surface area contributed by atoms with E-state index in [1.165, 1.54) is 0 Å². The Morgan fingerprint density at radius 1 is 1.08 bits per heavy atom. The number of benzene rings is 2. The van der Waals surface area contributed by atoms with Gasteiger partial charge < -0.3 is 16.0 Å². The highest BCUT2D eigenvalue weighted by molar-refractivity contribution is 7.91. The zero-order chi connectivity index (χ0) is 18.8. The number of nitrogens with one attached hydrogen (secondary N) is 1. The van der Waals surface area contributed by atoms with Gasteiger partial charge >= 0.3 is 0 Å². The molecule has 1 heterocycles. The second kappa shape index (κ2) is 7.09. The average molecular weight is 373 g/mol. The summed E-state index contributed by atoms with van der Waals surface area (Å²) in [5, 5.41) is 2.87. The first kappa shape index (κ1) is 18.4. The molecule has 2 aromatic carbocycles. The van der Waals surface area contributed by atoms with Gasteiger partial charge in [0.25, 0.3) is 0 Å². The van der Waals surface area contributed by atoms with Crippen molar-refractivity contribution in [2.75, 3.05) is 34.8 Å². The van der Waals surface area contributed by atoms with Crippen LogP contribution in [0.2, 0.25) is 0 Å². The van der Waals surface area contributed by atoms with Crippen LogP contribution in [-0.4, -0.2) is 38.9 Å². The third-order valence-corrected chi connectivity index (χ3v) is 6.27. The number of rotatable bonds is 4. The number of carbonyl (C=O) groups is 1. The molecule has 3 rings (SSSR count). The Morgan fingerprint density at radius 2 is 1.73 bits per heavy atom. The summed E-state index contributed by atoms with van der Waals surface area (Å²) in [7, 11) is -2.93. The summed E-state index contributed by atoms with van der Waals surface area (Å²) in [5.74, 6) is -0.00113. The molecule has 2 aromatic rings. The van der Waals surface area contributed by atoms with E-state index in [4.69, 9.17) is 5.73 Å². The van der Waals surface area contributed by atoms with Gasteiger partial charge in [0.15, 0.2) is 9.84 Å². The van der Waals surface area contributed by atoms with Crippen molar-refractivity contribution in [3.63, 3.8) is 0 Å². The molecule has 3 N–H and O–H groups in total. The van der Waals surface area contributed by atoms with Crippen LogP contribution in [0.3, 0.4) is 0 Å². The van der Waals surface area contributed by atoms with Crippen LogP contribution < -0.4 is 16.0 Å². The molecular formula is C19H23N3O3S. The molecule has 1 unspecified atom stereocenters. The van der Waals surface area contributed by atoms with Crippen LogP contribution in [0.25, 0.3) is 0 Å². The van der Waals surface area contributed by atoms with Crippen LogP contribution in [0.5, 0.6) is 0 Å². The molecule has 26 heavy (non-hydrogen) atoms. The molecule has 138 valence electrons. The first-order valence-corrected chi connectivity index (χ1v) is 10.3. The van der Waals surface area contributed by atoms with E-state index in [9.17, 15) is 13.2 Å². The predicted molar refractivity (Wildman–Crippen MR) is 104 cm³/mol. The van der Waals surface area contributed by atoms with E-state index in [0.717, 1.165) is 11.3 Å². The predicted octanol–water partition coefficient (Wildman–Crippen LogP) is 1.73.